The van der Waals surface area contributed by atoms with Gasteiger partial charge in [0.2, 0.25) is 0 Å². The highest BCUT2D eigenvalue weighted by molar-refractivity contribution is 5.92. The van der Waals surface area contributed by atoms with E-state index in [-0.39, 0.29) is 5.91 Å². The first-order valence-electron chi connectivity index (χ1n) is 9.49. The molecular formula is C22H24N4O. The maximum atomic E-state index is 12.4. The molecule has 0 saturated carbocycles. The van der Waals surface area contributed by atoms with Crippen molar-refractivity contribution in [3.63, 3.8) is 0 Å². The number of amides is 1. The van der Waals surface area contributed by atoms with Crippen LogP contribution in [0, 0.1) is 6.92 Å². The van der Waals surface area contributed by atoms with Crippen molar-refractivity contribution < 1.29 is 4.79 Å². The number of benzene rings is 1. The van der Waals surface area contributed by atoms with Crippen molar-refractivity contribution in [1.29, 1.82) is 0 Å². The number of H-pyrrole nitrogens is 1. The number of likely N-dealkylation sites (tertiary alicyclic amines) is 1. The Morgan fingerprint density at radius 2 is 1.93 bits per heavy atom. The van der Waals surface area contributed by atoms with Crippen LogP contribution in [0.5, 0.6) is 0 Å². The van der Waals surface area contributed by atoms with E-state index < -0.39 is 0 Å². The number of hydrogen-bond acceptors (Lipinski definition) is 3. The van der Waals surface area contributed by atoms with E-state index in [1.807, 2.05) is 4.90 Å². The molecule has 1 amide bonds. The number of pyridine rings is 1. The summed E-state index contributed by atoms with van der Waals surface area (Å²) in [4.78, 5) is 19.3. The van der Waals surface area contributed by atoms with Gasteiger partial charge in [-0.15, -0.1) is 0 Å². The van der Waals surface area contributed by atoms with Crippen molar-refractivity contribution >= 4 is 5.91 Å². The van der Waals surface area contributed by atoms with Crippen LogP contribution in [-0.2, 0) is 6.42 Å². The molecule has 1 aliphatic heterocycles. The largest absolute Gasteiger partial charge is 0.337 e. The lowest BCUT2D eigenvalue weighted by Crippen LogP contribution is -2.38. The van der Waals surface area contributed by atoms with Gasteiger partial charge in [0.05, 0.1) is 0 Å². The molecule has 1 aromatic carbocycles. The Morgan fingerprint density at radius 1 is 1.11 bits per heavy atom. The average Bonchev–Trinajstić information content (AvgIpc) is 3.24. The lowest BCUT2D eigenvalue weighted by Gasteiger charge is -2.31. The Hall–Kier alpha value is -2.95. The van der Waals surface area contributed by atoms with Gasteiger partial charge in [-0.05, 0) is 49.1 Å². The fraction of sp³-hybridized carbons (Fsp3) is 0.318. The molecule has 1 aliphatic rings. The summed E-state index contributed by atoms with van der Waals surface area (Å²) in [5.74, 6) is 0.444. The number of carbonyl (C=O) groups excluding carboxylic acids is 1. The van der Waals surface area contributed by atoms with E-state index in [1.165, 1.54) is 11.1 Å². The molecule has 27 heavy (non-hydrogen) atoms. The van der Waals surface area contributed by atoms with Gasteiger partial charge in [0.15, 0.2) is 0 Å². The summed E-state index contributed by atoms with van der Waals surface area (Å²) in [6.07, 6.45) is 4.36. The smallest absolute Gasteiger partial charge is 0.271 e. The molecule has 4 rings (SSSR count). The Bertz CT molecular complexity index is 912. The second kappa shape index (κ2) is 7.74. The van der Waals surface area contributed by atoms with Crippen LogP contribution < -0.4 is 0 Å². The predicted octanol–water partition coefficient (Wildman–Crippen LogP) is 3.72. The van der Waals surface area contributed by atoms with Crippen LogP contribution in [0.3, 0.4) is 0 Å². The number of hydrogen-bond donors (Lipinski definition) is 1. The highest BCUT2D eigenvalue weighted by Crippen LogP contribution is 2.27. The van der Waals surface area contributed by atoms with Gasteiger partial charge in [-0.2, -0.15) is 5.10 Å². The number of nitrogens with zero attached hydrogens (tertiary/aromatic N) is 3. The van der Waals surface area contributed by atoms with E-state index in [0.717, 1.165) is 43.7 Å². The predicted molar refractivity (Wildman–Crippen MR) is 105 cm³/mol. The first-order valence-corrected chi connectivity index (χ1v) is 9.49. The second-order valence-electron chi connectivity index (χ2n) is 7.19. The van der Waals surface area contributed by atoms with Crippen molar-refractivity contribution in [1.82, 2.24) is 20.1 Å². The molecule has 1 fully saturated rings. The van der Waals surface area contributed by atoms with Crippen molar-refractivity contribution in [2.24, 2.45) is 0 Å². The third kappa shape index (κ3) is 3.92. The Labute approximate surface area is 159 Å². The maximum absolute atomic E-state index is 12.4. The highest BCUT2D eigenvalue weighted by Gasteiger charge is 2.26. The van der Waals surface area contributed by atoms with Crippen molar-refractivity contribution in [2.75, 3.05) is 13.1 Å². The topological polar surface area (TPSA) is 61.9 Å². The minimum atomic E-state index is 0.0345. The van der Waals surface area contributed by atoms with Gasteiger partial charge in [-0.1, -0.05) is 30.3 Å². The summed E-state index contributed by atoms with van der Waals surface area (Å²) >= 11 is 0. The number of piperidine rings is 1. The quantitative estimate of drug-likeness (QED) is 0.771. The standard InChI is InChI=1S/C22H24N4O/c1-16-5-2-3-6-18(16)15-19-7-4-8-20(24-19)17-10-13-26(14-11-17)22(27)21-9-12-23-25-21/h2-9,12,17H,10-11,13-15H2,1H3,(H,23,25). The second-order valence-corrected chi connectivity index (χ2v) is 7.19. The third-order valence-corrected chi connectivity index (χ3v) is 5.39. The van der Waals surface area contributed by atoms with Crippen LogP contribution in [-0.4, -0.2) is 39.1 Å². The van der Waals surface area contributed by atoms with Gasteiger partial charge in [0.25, 0.3) is 5.91 Å². The fourth-order valence-corrected chi connectivity index (χ4v) is 3.75. The van der Waals surface area contributed by atoms with Crippen molar-refractivity contribution in [3.8, 4) is 0 Å². The molecule has 5 heteroatoms. The Morgan fingerprint density at radius 3 is 2.67 bits per heavy atom. The van der Waals surface area contributed by atoms with E-state index in [2.05, 4.69) is 59.6 Å². The van der Waals surface area contributed by atoms with Crippen molar-refractivity contribution in [2.45, 2.75) is 32.1 Å². The van der Waals surface area contributed by atoms with Crippen LogP contribution in [0.25, 0.3) is 0 Å². The normalized spacial score (nSPS) is 15.1. The summed E-state index contributed by atoms with van der Waals surface area (Å²) in [5.41, 5.74) is 5.44. The van der Waals surface area contributed by atoms with Crippen molar-refractivity contribution in [3.05, 3.63) is 82.9 Å². The highest BCUT2D eigenvalue weighted by atomic mass is 16.2. The monoisotopic (exact) mass is 360 g/mol. The first-order chi connectivity index (χ1) is 13.2. The van der Waals surface area contributed by atoms with Crippen LogP contribution in [0.4, 0.5) is 0 Å². The Balaban J connectivity index is 1.41. The molecule has 0 atom stereocenters. The molecule has 0 spiro atoms. The summed E-state index contributed by atoms with van der Waals surface area (Å²) in [6.45, 7) is 3.66. The van der Waals surface area contributed by atoms with Gasteiger partial charge < -0.3 is 4.90 Å². The van der Waals surface area contributed by atoms with Crippen LogP contribution in [0.1, 0.15) is 51.8 Å². The zero-order valence-corrected chi connectivity index (χ0v) is 15.6. The minimum Gasteiger partial charge on any atom is -0.337 e. The van der Waals surface area contributed by atoms with Gasteiger partial charge in [0, 0.05) is 43.0 Å². The zero-order valence-electron chi connectivity index (χ0n) is 15.6. The molecule has 1 N–H and O–H groups in total. The molecule has 3 aromatic rings. The van der Waals surface area contributed by atoms with Crippen LogP contribution in [0.15, 0.2) is 54.7 Å². The number of aryl methyl sites for hydroxylation is 1. The maximum Gasteiger partial charge on any atom is 0.271 e. The molecule has 3 heterocycles. The minimum absolute atomic E-state index is 0.0345. The average molecular weight is 360 g/mol. The number of aromatic nitrogens is 3. The van der Waals surface area contributed by atoms with E-state index in [4.69, 9.17) is 4.98 Å². The molecule has 0 unspecified atom stereocenters. The summed E-state index contributed by atoms with van der Waals surface area (Å²) in [7, 11) is 0. The molecule has 0 aliphatic carbocycles. The molecule has 1 saturated heterocycles. The summed E-state index contributed by atoms with van der Waals surface area (Å²) in [5, 5.41) is 6.63. The molecule has 138 valence electrons. The summed E-state index contributed by atoms with van der Waals surface area (Å²) < 4.78 is 0. The molecular weight excluding hydrogens is 336 g/mol. The Kier molecular flexibility index (Phi) is 5.01. The summed E-state index contributed by atoms with van der Waals surface area (Å²) in [6, 6.07) is 16.5. The molecule has 0 bridgehead atoms. The first kappa shape index (κ1) is 17.5. The lowest BCUT2D eigenvalue weighted by molar-refractivity contribution is 0.0706. The third-order valence-electron chi connectivity index (χ3n) is 5.39. The number of nitrogens with one attached hydrogen (secondary N) is 1. The SMILES string of the molecule is Cc1ccccc1Cc1cccc(C2CCN(C(=O)c3ccn[nH]3)CC2)n1. The molecule has 5 nitrogen and oxygen atoms in total. The van der Waals surface area contributed by atoms with Gasteiger partial charge in [0.1, 0.15) is 5.69 Å². The fourth-order valence-electron chi connectivity index (χ4n) is 3.75. The molecule has 0 radical (unpaired) electrons. The molecule has 2 aromatic heterocycles. The van der Waals surface area contributed by atoms with Crippen LogP contribution in [0.2, 0.25) is 0 Å². The number of rotatable bonds is 4. The van der Waals surface area contributed by atoms with Gasteiger partial charge >= 0.3 is 0 Å². The van der Waals surface area contributed by atoms with E-state index in [9.17, 15) is 4.79 Å². The zero-order chi connectivity index (χ0) is 18.6. The number of carbonyl (C=O) groups is 1. The van der Waals surface area contributed by atoms with E-state index >= 15 is 0 Å². The van der Waals surface area contributed by atoms with E-state index in [0.29, 0.717) is 11.6 Å². The van der Waals surface area contributed by atoms with Crippen LogP contribution >= 0.6 is 0 Å². The van der Waals surface area contributed by atoms with E-state index in [1.54, 1.807) is 12.3 Å². The van der Waals surface area contributed by atoms with Gasteiger partial charge in [-0.25, -0.2) is 0 Å². The number of aromatic amines is 1. The van der Waals surface area contributed by atoms with Gasteiger partial charge in [-0.3, -0.25) is 14.9 Å². The lowest BCUT2D eigenvalue weighted by atomic mass is 9.92.